The number of benzene rings is 1. The van der Waals surface area contributed by atoms with E-state index in [1.165, 1.54) is 0 Å². The Hall–Kier alpha value is -1.84. The monoisotopic (exact) mass is 316 g/mol. The van der Waals surface area contributed by atoms with Crippen LogP contribution < -0.4 is 0 Å². The zero-order valence-electron chi connectivity index (χ0n) is 14.7. The molecule has 2 amide bonds. The number of likely N-dealkylation sites (tertiary alicyclic amines) is 1. The van der Waals surface area contributed by atoms with Crippen molar-refractivity contribution in [2.45, 2.75) is 52.1 Å². The number of amides is 2. The van der Waals surface area contributed by atoms with Crippen LogP contribution in [0.15, 0.2) is 30.3 Å². The van der Waals surface area contributed by atoms with Crippen LogP contribution in [0.4, 0.5) is 0 Å². The molecule has 1 heterocycles. The molecule has 0 saturated carbocycles. The van der Waals surface area contributed by atoms with Gasteiger partial charge in [0, 0.05) is 26.1 Å². The van der Waals surface area contributed by atoms with Crippen LogP contribution in [0, 0.1) is 5.92 Å². The van der Waals surface area contributed by atoms with Crippen molar-refractivity contribution in [3.05, 3.63) is 35.9 Å². The van der Waals surface area contributed by atoms with Crippen molar-refractivity contribution in [2.24, 2.45) is 5.92 Å². The average molecular weight is 316 g/mol. The molecule has 1 aromatic rings. The van der Waals surface area contributed by atoms with Gasteiger partial charge in [-0.2, -0.15) is 0 Å². The molecule has 1 fully saturated rings. The van der Waals surface area contributed by atoms with E-state index in [1.807, 2.05) is 49.2 Å². The second-order valence-corrected chi connectivity index (χ2v) is 6.45. The van der Waals surface area contributed by atoms with E-state index in [1.54, 1.807) is 4.90 Å². The number of nitrogens with zero attached hydrogens (tertiary/aromatic N) is 2. The molecule has 0 aliphatic carbocycles. The first kappa shape index (κ1) is 17.5. The van der Waals surface area contributed by atoms with Crippen molar-refractivity contribution in [2.75, 3.05) is 13.6 Å². The summed E-state index contributed by atoms with van der Waals surface area (Å²) in [7, 11) is 1.84. The molecule has 126 valence electrons. The Morgan fingerprint density at radius 3 is 2.43 bits per heavy atom. The first-order chi connectivity index (χ1) is 11.0. The quantitative estimate of drug-likeness (QED) is 0.808. The molecule has 4 nitrogen and oxygen atoms in total. The Bertz CT molecular complexity index is 540. The first-order valence-corrected chi connectivity index (χ1v) is 8.60. The zero-order chi connectivity index (χ0) is 17.0. The number of carbonyl (C=O) groups is 2. The van der Waals surface area contributed by atoms with Crippen LogP contribution in [0.1, 0.15) is 51.6 Å². The van der Waals surface area contributed by atoms with E-state index < -0.39 is 0 Å². The van der Waals surface area contributed by atoms with Crippen molar-refractivity contribution in [1.29, 1.82) is 0 Å². The highest BCUT2D eigenvalue weighted by atomic mass is 16.2. The fourth-order valence-electron chi connectivity index (χ4n) is 3.41. The van der Waals surface area contributed by atoms with Gasteiger partial charge in [0.15, 0.2) is 0 Å². The zero-order valence-corrected chi connectivity index (χ0v) is 14.7. The van der Waals surface area contributed by atoms with Gasteiger partial charge in [-0.05, 0) is 25.3 Å². The Kier molecular flexibility index (Phi) is 5.80. The van der Waals surface area contributed by atoms with Crippen LogP contribution in [0.5, 0.6) is 0 Å². The third-order valence-corrected chi connectivity index (χ3v) is 5.10. The van der Waals surface area contributed by atoms with Gasteiger partial charge in [-0.25, -0.2) is 0 Å². The Labute approximate surface area is 139 Å². The van der Waals surface area contributed by atoms with E-state index in [4.69, 9.17) is 0 Å². The van der Waals surface area contributed by atoms with E-state index in [2.05, 4.69) is 13.8 Å². The minimum Gasteiger partial charge on any atom is -0.339 e. The lowest BCUT2D eigenvalue weighted by Crippen LogP contribution is -2.39. The minimum atomic E-state index is -0.209. The van der Waals surface area contributed by atoms with Crippen molar-refractivity contribution in [3.63, 3.8) is 0 Å². The SMILES string of the molecule is CCC(CC)N1CC(C(=O)N(C)C(C)c2ccccc2)CC1=O. The largest absolute Gasteiger partial charge is 0.339 e. The number of hydrogen-bond acceptors (Lipinski definition) is 2. The second kappa shape index (κ2) is 7.62. The van der Waals surface area contributed by atoms with E-state index in [0.717, 1.165) is 18.4 Å². The Morgan fingerprint density at radius 2 is 1.87 bits per heavy atom. The Balaban J connectivity index is 2.05. The number of hydrogen-bond donors (Lipinski definition) is 0. The third-order valence-electron chi connectivity index (χ3n) is 5.10. The first-order valence-electron chi connectivity index (χ1n) is 8.60. The van der Waals surface area contributed by atoms with Gasteiger partial charge in [0.2, 0.25) is 11.8 Å². The fourth-order valence-corrected chi connectivity index (χ4v) is 3.41. The molecule has 0 N–H and O–H groups in total. The standard InChI is InChI=1S/C19H28N2O2/c1-5-17(6-2)21-13-16(12-18(21)22)19(23)20(4)14(3)15-10-8-7-9-11-15/h7-11,14,16-17H,5-6,12-13H2,1-4H3. The number of rotatable bonds is 6. The van der Waals surface area contributed by atoms with Gasteiger partial charge in [0.25, 0.3) is 0 Å². The molecule has 1 aliphatic rings. The smallest absolute Gasteiger partial charge is 0.228 e. The lowest BCUT2D eigenvalue weighted by Gasteiger charge is -2.29. The van der Waals surface area contributed by atoms with Crippen LogP contribution in [0.2, 0.25) is 0 Å². The maximum Gasteiger partial charge on any atom is 0.228 e. The molecule has 0 aromatic heterocycles. The molecule has 23 heavy (non-hydrogen) atoms. The summed E-state index contributed by atoms with van der Waals surface area (Å²) < 4.78 is 0. The fraction of sp³-hybridized carbons (Fsp3) is 0.579. The van der Waals surface area contributed by atoms with Gasteiger partial charge < -0.3 is 9.80 Å². The molecule has 4 heteroatoms. The minimum absolute atomic E-state index is 0.0148. The van der Waals surface area contributed by atoms with Crippen LogP contribution in [0.25, 0.3) is 0 Å². The van der Waals surface area contributed by atoms with Crippen LogP contribution in [0.3, 0.4) is 0 Å². The van der Waals surface area contributed by atoms with Crippen LogP contribution in [-0.2, 0) is 9.59 Å². The average Bonchev–Trinajstić information content (AvgIpc) is 2.96. The van der Waals surface area contributed by atoms with Crippen molar-refractivity contribution < 1.29 is 9.59 Å². The molecule has 1 aromatic carbocycles. The van der Waals surface area contributed by atoms with Crippen LogP contribution in [-0.4, -0.2) is 41.2 Å². The van der Waals surface area contributed by atoms with E-state index in [9.17, 15) is 9.59 Å². The van der Waals surface area contributed by atoms with E-state index in [-0.39, 0.29) is 29.8 Å². The van der Waals surface area contributed by atoms with Gasteiger partial charge >= 0.3 is 0 Å². The topological polar surface area (TPSA) is 40.6 Å². The van der Waals surface area contributed by atoms with Crippen molar-refractivity contribution >= 4 is 11.8 Å². The molecule has 0 bridgehead atoms. The summed E-state index contributed by atoms with van der Waals surface area (Å²) in [6, 6.07) is 10.3. The summed E-state index contributed by atoms with van der Waals surface area (Å²) in [5, 5.41) is 0. The molecule has 2 unspecified atom stereocenters. The van der Waals surface area contributed by atoms with Crippen molar-refractivity contribution in [3.8, 4) is 0 Å². The molecule has 1 saturated heterocycles. The van der Waals surface area contributed by atoms with Gasteiger partial charge in [0.05, 0.1) is 12.0 Å². The molecular weight excluding hydrogens is 288 g/mol. The lowest BCUT2D eigenvalue weighted by atomic mass is 10.0. The summed E-state index contributed by atoms with van der Waals surface area (Å²) in [4.78, 5) is 28.8. The molecule has 0 spiro atoms. The highest BCUT2D eigenvalue weighted by molar-refractivity contribution is 5.89. The summed E-state index contributed by atoms with van der Waals surface area (Å²) in [6.45, 7) is 6.79. The van der Waals surface area contributed by atoms with Gasteiger partial charge in [-0.3, -0.25) is 9.59 Å². The predicted molar refractivity (Wildman–Crippen MR) is 91.8 cm³/mol. The summed E-state index contributed by atoms with van der Waals surface area (Å²) in [5.74, 6) is -0.0137. The summed E-state index contributed by atoms with van der Waals surface area (Å²) in [6.07, 6.45) is 2.24. The molecule has 0 radical (unpaired) electrons. The van der Waals surface area contributed by atoms with Crippen molar-refractivity contribution in [1.82, 2.24) is 9.80 Å². The lowest BCUT2D eigenvalue weighted by molar-refractivity contribution is -0.136. The third kappa shape index (κ3) is 3.74. The molecule has 1 aliphatic heterocycles. The highest BCUT2D eigenvalue weighted by Gasteiger charge is 2.38. The van der Waals surface area contributed by atoms with Gasteiger partial charge in [-0.1, -0.05) is 44.2 Å². The van der Waals surface area contributed by atoms with E-state index >= 15 is 0 Å². The Morgan fingerprint density at radius 1 is 1.26 bits per heavy atom. The summed E-state index contributed by atoms with van der Waals surface area (Å²) >= 11 is 0. The van der Waals surface area contributed by atoms with Gasteiger partial charge in [0.1, 0.15) is 0 Å². The van der Waals surface area contributed by atoms with Gasteiger partial charge in [-0.15, -0.1) is 0 Å². The molecule has 2 atom stereocenters. The second-order valence-electron chi connectivity index (χ2n) is 6.45. The molecular formula is C19H28N2O2. The summed E-state index contributed by atoms with van der Waals surface area (Å²) in [5.41, 5.74) is 1.12. The number of carbonyl (C=O) groups excluding carboxylic acids is 2. The van der Waals surface area contributed by atoms with Crippen LogP contribution >= 0.6 is 0 Å². The normalized spacial score (nSPS) is 19.3. The maximum absolute atomic E-state index is 12.8. The predicted octanol–water partition coefficient (Wildman–Crippen LogP) is 3.24. The molecule has 2 rings (SSSR count). The maximum atomic E-state index is 12.8. The highest BCUT2D eigenvalue weighted by Crippen LogP contribution is 2.27. The van der Waals surface area contributed by atoms with E-state index in [0.29, 0.717) is 13.0 Å².